The highest BCUT2D eigenvalue weighted by Gasteiger charge is 2.30. The topological polar surface area (TPSA) is 74.7 Å². The van der Waals surface area contributed by atoms with E-state index in [2.05, 4.69) is 15.4 Å². The molecule has 0 spiro atoms. The number of nitrogens with zero attached hydrogens (tertiary/aromatic N) is 3. The van der Waals surface area contributed by atoms with E-state index in [0.29, 0.717) is 16.9 Å². The minimum atomic E-state index is -4.45. The maximum absolute atomic E-state index is 12.9. The number of alkyl halides is 3. The van der Waals surface area contributed by atoms with Gasteiger partial charge in [-0.3, -0.25) is 14.9 Å². The van der Waals surface area contributed by atoms with Crippen molar-refractivity contribution < 1.29 is 22.8 Å². The molecule has 0 fully saturated rings. The number of thiazole rings is 1. The van der Waals surface area contributed by atoms with Gasteiger partial charge in [0.2, 0.25) is 5.91 Å². The first-order valence-corrected chi connectivity index (χ1v) is 10.1. The highest BCUT2D eigenvalue weighted by atomic mass is 32.1. The number of benzene rings is 2. The first kappa shape index (κ1) is 20.7. The number of aromatic nitrogens is 1. The van der Waals surface area contributed by atoms with E-state index in [0.717, 1.165) is 23.5 Å². The molecule has 2 aromatic carbocycles. The van der Waals surface area contributed by atoms with Crippen LogP contribution in [0.5, 0.6) is 0 Å². The smallest absolute Gasteiger partial charge is 0.297 e. The summed E-state index contributed by atoms with van der Waals surface area (Å²) in [4.78, 5) is 29.0. The van der Waals surface area contributed by atoms with Crippen molar-refractivity contribution in [1.82, 2.24) is 4.98 Å². The highest BCUT2D eigenvalue weighted by molar-refractivity contribution is 7.14. The van der Waals surface area contributed by atoms with E-state index in [1.165, 1.54) is 17.1 Å². The molecule has 0 saturated carbocycles. The standard InChI is InChI=1S/C21H15F3N4O2S/c22-21(23,24)14-6-4-5-13(11-14)17-12-31-20(25-17)26-19(30)16-9-10-18(29)28(27-16)15-7-2-1-3-8-15/h1-8,11-12H,9-10H2,(H,25,26,30). The second-order valence-corrected chi connectivity index (χ2v) is 7.52. The van der Waals surface area contributed by atoms with Crippen LogP contribution in [0.15, 0.2) is 65.1 Å². The molecule has 2 amide bonds. The summed E-state index contributed by atoms with van der Waals surface area (Å²) in [6.45, 7) is 0. The van der Waals surface area contributed by atoms with E-state index in [1.807, 2.05) is 0 Å². The molecule has 31 heavy (non-hydrogen) atoms. The molecule has 158 valence electrons. The SMILES string of the molecule is O=C(Nc1nc(-c2cccc(C(F)(F)F)c2)cs1)C1=NN(c2ccccc2)C(=O)CC1. The Bertz CT molecular complexity index is 1160. The molecule has 4 rings (SSSR count). The van der Waals surface area contributed by atoms with Gasteiger partial charge in [-0.2, -0.15) is 18.3 Å². The molecular weight excluding hydrogens is 429 g/mol. The van der Waals surface area contributed by atoms with Crippen molar-refractivity contribution in [2.24, 2.45) is 5.10 Å². The molecule has 10 heteroatoms. The summed E-state index contributed by atoms with van der Waals surface area (Å²) in [5.74, 6) is -0.734. The fourth-order valence-corrected chi connectivity index (χ4v) is 3.69. The van der Waals surface area contributed by atoms with Crippen LogP contribution < -0.4 is 10.3 Å². The van der Waals surface area contributed by atoms with Crippen LogP contribution in [0.1, 0.15) is 18.4 Å². The van der Waals surface area contributed by atoms with Gasteiger partial charge in [-0.15, -0.1) is 11.3 Å². The molecule has 1 aliphatic heterocycles. The first-order chi connectivity index (χ1) is 14.8. The third kappa shape index (κ3) is 4.64. The third-order valence-electron chi connectivity index (χ3n) is 4.51. The highest BCUT2D eigenvalue weighted by Crippen LogP contribution is 2.33. The normalized spacial score (nSPS) is 14.4. The Morgan fingerprint density at radius 3 is 2.58 bits per heavy atom. The van der Waals surface area contributed by atoms with E-state index < -0.39 is 17.6 Å². The third-order valence-corrected chi connectivity index (χ3v) is 5.26. The summed E-state index contributed by atoms with van der Waals surface area (Å²) in [5, 5.41) is 9.76. The fraction of sp³-hybridized carbons (Fsp3) is 0.143. The van der Waals surface area contributed by atoms with Crippen molar-refractivity contribution in [3.05, 3.63) is 65.5 Å². The second-order valence-electron chi connectivity index (χ2n) is 6.66. The van der Waals surface area contributed by atoms with E-state index >= 15 is 0 Å². The van der Waals surface area contributed by atoms with E-state index in [9.17, 15) is 22.8 Å². The fourth-order valence-electron chi connectivity index (χ4n) is 2.98. The Morgan fingerprint density at radius 1 is 1.06 bits per heavy atom. The van der Waals surface area contributed by atoms with Crippen LogP contribution in [0.2, 0.25) is 0 Å². The molecule has 0 bridgehead atoms. The quantitative estimate of drug-likeness (QED) is 0.619. The molecule has 1 N–H and O–H groups in total. The summed E-state index contributed by atoms with van der Waals surface area (Å²) in [6, 6.07) is 13.6. The Kier molecular flexibility index (Phi) is 5.55. The van der Waals surface area contributed by atoms with Crippen LogP contribution in [-0.2, 0) is 15.8 Å². The van der Waals surface area contributed by atoms with Crippen LogP contribution in [0.25, 0.3) is 11.3 Å². The van der Waals surface area contributed by atoms with Gasteiger partial charge in [-0.25, -0.2) is 9.99 Å². The van der Waals surface area contributed by atoms with Gasteiger partial charge < -0.3 is 0 Å². The number of nitrogens with one attached hydrogen (secondary N) is 1. The molecule has 2 heterocycles. The van der Waals surface area contributed by atoms with Crippen molar-refractivity contribution in [3.8, 4) is 11.3 Å². The molecule has 1 aliphatic rings. The van der Waals surface area contributed by atoms with Crippen LogP contribution >= 0.6 is 11.3 Å². The van der Waals surface area contributed by atoms with Crippen LogP contribution in [0, 0.1) is 0 Å². The van der Waals surface area contributed by atoms with Gasteiger partial charge in [0.25, 0.3) is 5.91 Å². The molecule has 0 unspecified atom stereocenters. The van der Waals surface area contributed by atoms with Crippen LogP contribution in [0.3, 0.4) is 0 Å². The zero-order chi connectivity index (χ0) is 22.0. The number of hydrogen-bond acceptors (Lipinski definition) is 5. The van der Waals surface area contributed by atoms with E-state index in [1.54, 1.807) is 35.7 Å². The number of rotatable bonds is 4. The number of hydrogen-bond donors (Lipinski definition) is 1. The predicted molar refractivity (Wildman–Crippen MR) is 112 cm³/mol. The van der Waals surface area contributed by atoms with E-state index in [4.69, 9.17) is 0 Å². The Hall–Kier alpha value is -3.53. The van der Waals surface area contributed by atoms with Crippen LogP contribution in [0.4, 0.5) is 24.0 Å². The largest absolute Gasteiger partial charge is 0.416 e. The second kappa shape index (κ2) is 8.31. The zero-order valence-electron chi connectivity index (χ0n) is 15.9. The Morgan fingerprint density at radius 2 is 1.84 bits per heavy atom. The minimum Gasteiger partial charge on any atom is -0.297 e. The van der Waals surface area contributed by atoms with Crippen molar-refractivity contribution >= 4 is 39.7 Å². The van der Waals surface area contributed by atoms with Gasteiger partial charge in [0.15, 0.2) is 5.13 Å². The summed E-state index contributed by atoms with van der Waals surface area (Å²) >= 11 is 1.09. The van der Waals surface area contributed by atoms with E-state index in [-0.39, 0.29) is 29.6 Å². The van der Waals surface area contributed by atoms with Crippen molar-refractivity contribution in [3.63, 3.8) is 0 Å². The Balaban J connectivity index is 1.51. The number of anilines is 2. The minimum absolute atomic E-state index is 0.133. The lowest BCUT2D eigenvalue weighted by molar-refractivity contribution is -0.137. The lowest BCUT2D eigenvalue weighted by Gasteiger charge is -2.22. The molecule has 3 aromatic rings. The van der Waals surface area contributed by atoms with Crippen molar-refractivity contribution in [2.75, 3.05) is 10.3 Å². The molecule has 6 nitrogen and oxygen atoms in total. The number of carbonyl (C=O) groups excluding carboxylic acids is 2. The lowest BCUT2D eigenvalue weighted by Crippen LogP contribution is -2.36. The number of carbonyl (C=O) groups is 2. The molecule has 1 aromatic heterocycles. The van der Waals surface area contributed by atoms with Gasteiger partial charge in [0, 0.05) is 23.8 Å². The monoisotopic (exact) mass is 444 g/mol. The van der Waals surface area contributed by atoms with Gasteiger partial charge in [-0.1, -0.05) is 30.3 Å². The number of hydrazone groups is 1. The molecule has 0 saturated heterocycles. The maximum atomic E-state index is 12.9. The van der Waals surface area contributed by atoms with Crippen LogP contribution in [-0.4, -0.2) is 22.5 Å². The molecule has 0 radical (unpaired) electrons. The van der Waals surface area contributed by atoms with Crippen molar-refractivity contribution in [2.45, 2.75) is 19.0 Å². The summed E-state index contributed by atoms with van der Waals surface area (Å²) < 4.78 is 38.8. The van der Waals surface area contributed by atoms with Crippen molar-refractivity contribution in [1.29, 1.82) is 0 Å². The van der Waals surface area contributed by atoms with Gasteiger partial charge in [0.1, 0.15) is 5.71 Å². The average molecular weight is 444 g/mol. The van der Waals surface area contributed by atoms with Gasteiger partial charge >= 0.3 is 6.18 Å². The summed E-state index contributed by atoms with van der Waals surface area (Å²) in [7, 11) is 0. The number of amides is 2. The van der Waals surface area contributed by atoms with Gasteiger partial charge in [-0.05, 0) is 24.3 Å². The molecular formula is C21H15F3N4O2S. The molecule has 0 atom stereocenters. The Labute approximate surface area is 179 Å². The average Bonchev–Trinajstić information content (AvgIpc) is 3.22. The molecule has 0 aliphatic carbocycles. The summed E-state index contributed by atoms with van der Waals surface area (Å²) in [5.41, 5.74) is 0.559. The lowest BCUT2D eigenvalue weighted by atomic mass is 10.1. The summed E-state index contributed by atoms with van der Waals surface area (Å²) in [6.07, 6.45) is -4.14. The first-order valence-electron chi connectivity index (χ1n) is 9.21. The predicted octanol–water partition coefficient (Wildman–Crippen LogP) is 4.95. The maximum Gasteiger partial charge on any atom is 0.416 e. The number of para-hydroxylation sites is 1. The zero-order valence-corrected chi connectivity index (χ0v) is 16.7. The van der Waals surface area contributed by atoms with Gasteiger partial charge in [0.05, 0.1) is 16.9 Å². The number of halogens is 3.